The van der Waals surface area contributed by atoms with Gasteiger partial charge in [0.25, 0.3) is 0 Å². The molecule has 21 heavy (non-hydrogen) atoms. The van der Waals surface area contributed by atoms with Crippen molar-refractivity contribution < 1.29 is 4.79 Å². The molecule has 1 amide bonds. The van der Waals surface area contributed by atoms with E-state index in [0.29, 0.717) is 5.13 Å². The summed E-state index contributed by atoms with van der Waals surface area (Å²) in [4.78, 5) is 16.0. The number of amides is 1. The number of hydrogen-bond acceptors (Lipinski definition) is 4. The zero-order valence-corrected chi connectivity index (χ0v) is 14.2. The van der Waals surface area contributed by atoms with Gasteiger partial charge in [0.05, 0.1) is 11.7 Å². The van der Waals surface area contributed by atoms with Gasteiger partial charge in [-0.3, -0.25) is 4.79 Å². The highest BCUT2D eigenvalue weighted by molar-refractivity contribution is 7.14. The van der Waals surface area contributed by atoms with E-state index >= 15 is 0 Å². The Balaban J connectivity index is 0.00000220. The van der Waals surface area contributed by atoms with E-state index in [1.54, 1.807) is 6.92 Å². The summed E-state index contributed by atoms with van der Waals surface area (Å²) in [7, 11) is 0. The molecule has 2 aromatic rings. The van der Waals surface area contributed by atoms with E-state index < -0.39 is 6.04 Å². The number of carbonyl (C=O) groups is 1. The Bertz CT molecular complexity index is 652. The van der Waals surface area contributed by atoms with E-state index in [1.807, 2.05) is 5.38 Å². The van der Waals surface area contributed by atoms with Crippen LogP contribution >= 0.6 is 23.7 Å². The van der Waals surface area contributed by atoms with E-state index in [0.717, 1.165) is 11.3 Å². The molecule has 0 aliphatic carbocycles. The molecule has 0 aliphatic rings. The second-order valence-corrected chi connectivity index (χ2v) is 5.93. The molecule has 1 atom stereocenters. The van der Waals surface area contributed by atoms with Crippen molar-refractivity contribution in [1.29, 1.82) is 0 Å². The first-order chi connectivity index (χ1) is 9.38. The molecule has 0 saturated carbocycles. The van der Waals surface area contributed by atoms with E-state index in [9.17, 15) is 4.79 Å². The Morgan fingerprint density at radius 2 is 1.86 bits per heavy atom. The molecular weight excluding hydrogens is 306 g/mol. The van der Waals surface area contributed by atoms with Crippen molar-refractivity contribution >= 4 is 34.8 Å². The molecule has 0 saturated heterocycles. The summed E-state index contributed by atoms with van der Waals surface area (Å²) in [5.41, 5.74) is 11.2. The Labute approximate surface area is 135 Å². The SMILES string of the molecule is Cc1cc(C)c(-c2csc(NC(=O)[C@H](C)N)n2)cc1C.Cl. The molecule has 1 heterocycles. The van der Waals surface area contributed by atoms with Crippen LogP contribution in [-0.4, -0.2) is 16.9 Å². The number of aryl methyl sites for hydroxylation is 3. The lowest BCUT2D eigenvalue weighted by Gasteiger charge is -2.07. The first-order valence-electron chi connectivity index (χ1n) is 6.48. The third kappa shape index (κ3) is 4.03. The molecule has 0 spiro atoms. The smallest absolute Gasteiger partial charge is 0.242 e. The first-order valence-corrected chi connectivity index (χ1v) is 7.36. The van der Waals surface area contributed by atoms with Crippen molar-refractivity contribution in [3.05, 3.63) is 34.2 Å². The van der Waals surface area contributed by atoms with Crippen molar-refractivity contribution in [2.24, 2.45) is 5.73 Å². The van der Waals surface area contributed by atoms with Gasteiger partial charge in [0.2, 0.25) is 5.91 Å². The van der Waals surface area contributed by atoms with Crippen LogP contribution in [0.1, 0.15) is 23.6 Å². The number of aromatic nitrogens is 1. The van der Waals surface area contributed by atoms with E-state index in [-0.39, 0.29) is 18.3 Å². The number of thiazole rings is 1. The van der Waals surface area contributed by atoms with E-state index in [1.165, 1.54) is 28.0 Å². The number of nitrogens with one attached hydrogen (secondary N) is 1. The minimum atomic E-state index is -0.536. The maximum absolute atomic E-state index is 11.6. The number of anilines is 1. The lowest BCUT2D eigenvalue weighted by Crippen LogP contribution is -2.32. The predicted molar refractivity (Wildman–Crippen MR) is 91.3 cm³/mol. The highest BCUT2D eigenvalue weighted by Gasteiger charge is 2.12. The van der Waals surface area contributed by atoms with Gasteiger partial charge in [0.1, 0.15) is 0 Å². The zero-order chi connectivity index (χ0) is 14.9. The monoisotopic (exact) mass is 325 g/mol. The van der Waals surface area contributed by atoms with Crippen molar-refractivity contribution in [2.75, 3.05) is 5.32 Å². The molecule has 0 aliphatic heterocycles. The summed E-state index contributed by atoms with van der Waals surface area (Å²) in [5, 5.41) is 5.26. The van der Waals surface area contributed by atoms with Crippen LogP contribution in [0.3, 0.4) is 0 Å². The molecule has 0 bridgehead atoms. The van der Waals surface area contributed by atoms with Crippen molar-refractivity contribution in [1.82, 2.24) is 4.98 Å². The van der Waals surface area contributed by atoms with Gasteiger partial charge < -0.3 is 11.1 Å². The lowest BCUT2D eigenvalue weighted by molar-refractivity contribution is -0.117. The Hall–Kier alpha value is -1.43. The second-order valence-electron chi connectivity index (χ2n) is 5.07. The molecule has 3 N–H and O–H groups in total. The van der Waals surface area contributed by atoms with Gasteiger partial charge in [-0.25, -0.2) is 4.98 Å². The summed E-state index contributed by atoms with van der Waals surface area (Å²) in [6.45, 7) is 7.91. The van der Waals surface area contributed by atoms with Crippen LogP contribution in [0.15, 0.2) is 17.5 Å². The van der Waals surface area contributed by atoms with Crippen molar-refractivity contribution in [3.63, 3.8) is 0 Å². The molecule has 114 valence electrons. The number of rotatable bonds is 3. The number of halogens is 1. The van der Waals surface area contributed by atoms with Gasteiger partial charge in [-0.15, -0.1) is 23.7 Å². The Morgan fingerprint density at radius 1 is 1.24 bits per heavy atom. The van der Waals surface area contributed by atoms with Crippen LogP contribution in [0.2, 0.25) is 0 Å². The lowest BCUT2D eigenvalue weighted by atomic mass is 9.99. The van der Waals surface area contributed by atoms with Crippen LogP contribution in [0.5, 0.6) is 0 Å². The maximum atomic E-state index is 11.6. The molecule has 4 nitrogen and oxygen atoms in total. The quantitative estimate of drug-likeness (QED) is 0.908. The van der Waals surface area contributed by atoms with Crippen LogP contribution in [0, 0.1) is 20.8 Å². The molecule has 0 fully saturated rings. The fraction of sp³-hybridized carbons (Fsp3) is 0.333. The number of carbonyl (C=O) groups excluding carboxylic acids is 1. The molecule has 6 heteroatoms. The minimum absolute atomic E-state index is 0. The normalized spacial score (nSPS) is 11.7. The molecule has 0 radical (unpaired) electrons. The second kappa shape index (κ2) is 7.02. The average Bonchev–Trinajstić information content (AvgIpc) is 2.82. The summed E-state index contributed by atoms with van der Waals surface area (Å²) in [6.07, 6.45) is 0. The Morgan fingerprint density at radius 3 is 2.48 bits per heavy atom. The third-order valence-corrected chi connectivity index (χ3v) is 4.02. The maximum Gasteiger partial charge on any atom is 0.242 e. The summed E-state index contributed by atoms with van der Waals surface area (Å²) < 4.78 is 0. The number of nitrogens with two attached hydrogens (primary N) is 1. The van der Waals surface area contributed by atoms with E-state index in [4.69, 9.17) is 5.73 Å². The van der Waals surface area contributed by atoms with Gasteiger partial charge in [-0.05, 0) is 50.5 Å². The fourth-order valence-electron chi connectivity index (χ4n) is 1.91. The van der Waals surface area contributed by atoms with Crippen LogP contribution in [-0.2, 0) is 4.79 Å². The predicted octanol–water partition coefficient (Wildman–Crippen LogP) is 3.44. The first kappa shape index (κ1) is 17.6. The Kier molecular flexibility index (Phi) is 5.89. The standard InChI is InChI=1S/C15H19N3OS.ClH/c1-8-5-10(3)12(6-9(8)2)13-7-20-15(17-13)18-14(19)11(4)16;/h5-7,11H,16H2,1-4H3,(H,17,18,19);1H/t11-;/m0./s1. The van der Waals surface area contributed by atoms with Crippen LogP contribution in [0.25, 0.3) is 11.3 Å². The zero-order valence-electron chi connectivity index (χ0n) is 12.6. The van der Waals surface area contributed by atoms with Gasteiger partial charge in [-0.2, -0.15) is 0 Å². The highest BCUT2D eigenvalue weighted by atomic mass is 35.5. The van der Waals surface area contributed by atoms with Crippen LogP contribution < -0.4 is 11.1 Å². The van der Waals surface area contributed by atoms with Gasteiger partial charge in [0, 0.05) is 10.9 Å². The number of nitrogens with zero attached hydrogens (tertiary/aromatic N) is 1. The summed E-state index contributed by atoms with van der Waals surface area (Å²) in [6, 6.07) is 3.76. The number of benzene rings is 1. The van der Waals surface area contributed by atoms with Gasteiger partial charge >= 0.3 is 0 Å². The van der Waals surface area contributed by atoms with Gasteiger partial charge in [0.15, 0.2) is 5.13 Å². The average molecular weight is 326 g/mol. The topological polar surface area (TPSA) is 68.0 Å². The summed E-state index contributed by atoms with van der Waals surface area (Å²) in [5.74, 6) is -0.220. The molecular formula is C15H20ClN3OS. The van der Waals surface area contributed by atoms with Gasteiger partial charge in [-0.1, -0.05) is 6.07 Å². The highest BCUT2D eigenvalue weighted by Crippen LogP contribution is 2.29. The number of hydrogen-bond donors (Lipinski definition) is 2. The molecule has 2 rings (SSSR count). The fourth-order valence-corrected chi connectivity index (χ4v) is 2.62. The largest absolute Gasteiger partial charge is 0.320 e. The molecule has 1 aromatic carbocycles. The van der Waals surface area contributed by atoms with E-state index in [2.05, 4.69) is 43.2 Å². The van der Waals surface area contributed by atoms with Crippen molar-refractivity contribution in [2.45, 2.75) is 33.7 Å². The van der Waals surface area contributed by atoms with Crippen molar-refractivity contribution in [3.8, 4) is 11.3 Å². The summed E-state index contributed by atoms with van der Waals surface area (Å²) >= 11 is 1.41. The molecule has 0 unspecified atom stereocenters. The third-order valence-electron chi connectivity index (χ3n) is 3.26. The van der Waals surface area contributed by atoms with Crippen LogP contribution in [0.4, 0.5) is 5.13 Å². The minimum Gasteiger partial charge on any atom is -0.320 e. The molecule has 1 aromatic heterocycles.